The number of aromatic nitrogens is 1. The van der Waals surface area contributed by atoms with Crippen LogP contribution in [0.1, 0.15) is 72.1 Å². The predicted molar refractivity (Wildman–Crippen MR) is 180 cm³/mol. The standard InChI is InChI=1S/C35H46FN5O7S/c1-5-21-14-20(2)8-6-7-9-22-17-35(22,33(44)40-49(45,46)34(3)12-13-34)39-30(42)27-16-24(19-41(27)32(43)29(21)37)48-31-26-15-23(36)10-11-25(26)28(47-4)18-38-31/h7,9-11,15,18,20-22,24,27,29H,5-6,8,12-14,16-17,19,37H2,1-4H3,(H,39,42)(H,40,44). The topological polar surface area (TPSA) is 170 Å². The molecule has 3 heterocycles. The number of nitrogens with zero attached hydrogens (tertiary/aromatic N) is 2. The van der Waals surface area contributed by atoms with Gasteiger partial charge in [0.1, 0.15) is 29.3 Å². The molecule has 7 unspecified atom stereocenters. The average molecular weight is 700 g/mol. The molecule has 266 valence electrons. The molecule has 0 spiro atoms. The molecule has 7 atom stereocenters. The van der Waals surface area contributed by atoms with Crippen LogP contribution in [-0.4, -0.2) is 78.2 Å². The summed E-state index contributed by atoms with van der Waals surface area (Å²) >= 11 is 0. The van der Waals surface area contributed by atoms with Gasteiger partial charge in [-0.2, -0.15) is 0 Å². The number of ether oxygens (including phenoxy) is 2. The summed E-state index contributed by atoms with van der Waals surface area (Å²) in [6.07, 6.45) is 8.69. The van der Waals surface area contributed by atoms with E-state index in [1.807, 2.05) is 19.1 Å². The van der Waals surface area contributed by atoms with Gasteiger partial charge >= 0.3 is 0 Å². The number of allylic oxidation sites excluding steroid dienone is 1. The molecule has 2 aliphatic carbocycles. The number of rotatable bonds is 7. The molecule has 2 aromatic rings. The zero-order valence-corrected chi connectivity index (χ0v) is 29.2. The number of halogens is 1. The second kappa shape index (κ2) is 13.2. The lowest BCUT2D eigenvalue weighted by Crippen LogP contribution is -2.58. The van der Waals surface area contributed by atoms with Gasteiger partial charge in [-0.05, 0) is 75.5 Å². The summed E-state index contributed by atoms with van der Waals surface area (Å²) in [5, 5.41) is 3.81. The molecule has 3 fully saturated rings. The summed E-state index contributed by atoms with van der Waals surface area (Å²) in [5.74, 6) is -2.06. The van der Waals surface area contributed by atoms with E-state index in [9.17, 15) is 27.2 Å². The highest BCUT2D eigenvalue weighted by Crippen LogP contribution is 2.47. The largest absolute Gasteiger partial charge is 0.494 e. The molecule has 0 bridgehead atoms. The van der Waals surface area contributed by atoms with Gasteiger partial charge in [0.05, 0.1) is 36.0 Å². The van der Waals surface area contributed by atoms with Crippen LogP contribution in [0.25, 0.3) is 10.8 Å². The Morgan fingerprint density at radius 1 is 1.22 bits per heavy atom. The van der Waals surface area contributed by atoms with Crippen molar-refractivity contribution < 1.29 is 36.7 Å². The number of carbonyl (C=O) groups excluding carboxylic acids is 3. The first-order valence-corrected chi connectivity index (χ1v) is 18.6. The Balaban J connectivity index is 1.32. The minimum Gasteiger partial charge on any atom is -0.494 e. The molecule has 1 saturated heterocycles. The van der Waals surface area contributed by atoms with E-state index in [2.05, 4.69) is 21.9 Å². The van der Waals surface area contributed by atoms with Gasteiger partial charge < -0.3 is 25.4 Å². The fraction of sp³-hybridized carbons (Fsp3) is 0.600. The van der Waals surface area contributed by atoms with Gasteiger partial charge in [-0.25, -0.2) is 17.8 Å². The van der Waals surface area contributed by atoms with Crippen molar-refractivity contribution in [1.29, 1.82) is 0 Å². The first-order valence-electron chi connectivity index (χ1n) is 17.1. The van der Waals surface area contributed by atoms with E-state index in [1.54, 1.807) is 13.0 Å². The quantitative estimate of drug-likeness (QED) is 0.367. The first-order chi connectivity index (χ1) is 23.2. The Kier molecular flexibility index (Phi) is 9.42. The number of sulfonamides is 1. The smallest absolute Gasteiger partial charge is 0.259 e. The number of nitrogens with one attached hydrogen (secondary N) is 2. The number of hydrogen-bond acceptors (Lipinski definition) is 9. The van der Waals surface area contributed by atoms with Crippen molar-refractivity contribution in [3.8, 4) is 11.6 Å². The monoisotopic (exact) mass is 699 g/mol. The molecule has 2 saturated carbocycles. The molecule has 6 rings (SSSR count). The van der Waals surface area contributed by atoms with Gasteiger partial charge in [0.15, 0.2) is 0 Å². The molecular weight excluding hydrogens is 653 g/mol. The van der Waals surface area contributed by atoms with Gasteiger partial charge in [0.2, 0.25) is 27.7 Å². The molecule has 12 nitrogen and oxygen atoms in total. The van der Waals surface area contributed by atoms with E-state index in [-0.39, 0.29) is 37.1 Å². The number of pyridine rings is 1. The van der Waals surface area contributed by atoms with Crippen LogP contribution in [0.5, 0.6) is 11.6 Å². The molecule has 4 N–H and O–H groups in total. The molecule has 1 aromatic carbocycles. The van der Waals surface area contributed by atoms with Gasteiger partial charge in [-0.15, -0.1) is 0 Å². The normalized spacial score (nSPS) is 31.5. The minimum absolute atomic E-state index is 0.00358. The Labute approximate surface area is 286 Å². The second-order valence-electron chi connectivity index (χ2n) is 14.5. The van der Waals surface area contributed by atoms with Crippen molar-refractivity contribution in [2.75, 3.05) is 13.7 Å². The third kappa shape index (κ3) is 6.73. The van der Waals surface area contributed by atoms with Crippen molar-refractivity contribution in [2.24, 2.45) is 23.5 Å². The number of carbonyl (C=O) groups is 3. The Bertz CT molecular complexity index is 1780. The van der Waals surface area contributed by atoms with E-state index in [0.29, 0.717) is 35.8 Å². The van der Waals surface area contributed by atoms with Gasteiger partial charge in [0, 0.05) is 17.7 Å². The van der Waals surface area contributed by atoms with Crippen LogP contribution >= 0.6 is 0 Å². The molecule has 4 aliphatic rings. The molecular formula is C35H46FN5O7S. The summed E-state index contributed by atoms with van der Waals surface area (Å²) in [6.45, 7) is 5.69. The Morgan fingerprint density at radius 3 is 2.67 bits per heavy atom. The zero-order chi connectivity index (χ0) is 35.3. The minimum atomic E-state index is -3.97. The summed E-state index contributed by atoms with van der Waals surface area (Å²) in [4.78, 5) is 47.9. The lowest BCUT2D eigenvalue weighted by atomic mass is 9.85. The van der Waals surface area contributed by atoms with E-state index >= 15 is 0 Å². The summed E-state index contributed by atoms with van der Waals surface area (Å²) in [5.41, 5.74) is 5.15. The van der Waals surface area contributed by atoms with Crippen molar-refractivity contribution >= 4 is 38.5 Å². The maximum atomic E-state index is 14.4. The summed E-state index contributed by atoms with van der Waals surface area (Å²) < 4.78 is 53.4. The van der Waals surface area contributed by atoms with Crippen LogP contribution in [0, 0.1) is 23.6 Å². The van der Waals surface area contributed by atoms with E-state index < -0.39 is 68.0 Å². The van der Waals surface area contributed by atoms with Crippen LogP contribution in [-0.2, 0) is 24.4 Å². The number of fused-ring (bicyclic) bond motifs is 3. The summed E-state index contributed by atoms with van der Waals surface area (Å²) in [6, 6.07) is 2.20. The maximum Gasteiger partial charge on any atom is 0.259 e. The molecule has 14 heteroatoms. The average Bonchev–Trinajstić information content (AvgIpc) is 3.95. The molecule has 3 amide bonds. The van der Waals surface area contributed by atoms with Crippen LogP contribution in [0.2, 0.25) is 0 Å². The lowest BCUT2D eigenvalue weighted by molar-refractivity contribution is -0.141. The number of methoxy groups -OCH3 is 1. The van der Waals surface area contributed by atoms with Crippen LogP contribution < -0.4 is 25.2 Å². The van der Waals surface area contributed by atoms with Crippen LogP contribution in [0.15, 0.2) is 36.5 Å². The highest BCUT2D eigenvalue weighted by Gasteiger charge is 2.63. The number of hydrogen-bond donors (Lipinski definition) is 3. The van der Waals surface area contributed by atoms with E-state index in [4.69, 9.17) is 15.2 Å². The third-order valence-electron chi connectivity index (χ3n) is 10.9. The van der Waals surface area contributed by atoms with E-state index in [0.717, 1.165) is 19.3 Å². The van der Waals surface area contributed by atoms with Crippen molar-refractivity contribution in [3.05, 3.63) is 42.4 Å². The van der Waals surface area contributed by atoms with Crippen LogP contribution in [0.3, 0.4) is 0 Å². The molecule has 49 heavy (non-hydrogen) atoms. The Morgan fingerprint density at radius 2 is 1.98 bits per heavy atom. The predicted octanol–water partition coefficient (Wildman–Crippen LogP) is 3.33. The van der Waals surface area contributed by atoms with Crippen molar-refractivity contribution in [3.63, 3.8) is 0 Å². The fourth-order valence-electron chi connectivity index (χ4n) is 7.26. The number of benzene rings is 1. The van der Waals surface area contributed by atoms with Gasteiger partial charge in [-0.3, -0.25) is 19.1 Å². The second-order valence-corrected chi connectivity index (χ2v) is 16.7. The lowest BCUT2D eigenvalue weighted by Gasteiger charge is -2.31. The molecule has 1 aromatic heterocycles. The molecule has 2 aliphatic heterocycles. The van der Waals surface area contributed by atoms with E-state index in [1.165, 1.54) is 30.3 Å². The van der Waals surface area contributed by atoms with Gasteiger partial charge in [0.25, 0.3) is 5.91 Å². The highest BCUT2D eigenvalue weighted by molar-refractivity contribution is 7.91. The maximum absolute atomic E-state index is 14.4. The number of nitrogens with two attached hydrogens (primary N) is 1. The fourth-order valence-corrected chi connectivity index (χ4v) is 8.57. The number of amides is 3. The van der Waals surface area contributed by atoms with Gasteiger partial charge in [-0.1, -0.05) is 32.4 Å². The Hall–Kier alpha value is -3.78. The SMILES string of the molecule is CCC1CC(C)CCC=CC2CC2(C(=O)NS(=O)(=O)C2(C)CC2)NC(=O)C2CC(Oc3ncc(OC)c4ccc(F)cc34)CN2C(=O)C1N. The molecule has 0 radical (unpaired) electrons. The third-order valence-corrected chi connectivity index (χ3v) is 13.1. The highest BCUT2D eigenvalue weighted by atomic mass is 32.2. The van der Waals surface area contributed by atoms with Crippen molar-refractivity contribution in [1.82, 2.24) is 19.9 Å². The zero-order valence-electron chi connectivity index (χ0n) is 28.4. The van der Waals surface area contributed by atoms with Crippen LogP contribution in [0.4, 0.5) is 4.39 Å². The van der Waals surface area contributed by atoms with Crippen molar-refractivity contribution in [2.45, 2.75) is 101 Å². The summed E-state index contributed by atoms with van der Waals surface area (Å²) in [7, 11) is -2.49. The first kappa shape index (κ1) is 35.1.